The van der Waals surface area contributed by atoms with E-state index in [9.17, 15) is 4.79 Å². The van der Waals surface area contributed by atoms with Crippen LogP contribution in [0.15, 0.2) is 23.7 Å². The summed E-state index contributed by atoms with van der Waals surface area (Å²) in [5.41, 5.74) is 1.90. The molecule has 2 aromatic heterocycles. The van der Waals surface area contributed by atoms with E-state index in [1.807, 2.05) is 29.3 Å². The van der Waals surface area contributed by atoms with Gasteiger partial charge < -0.3 is 14.5 Å². The Hall–Kier alpha value is -1.99. The number of ether oxygens (including phenoxy) is 1. The summed E-state index contributed by atoms with van der Waals surface area (Å²) in [4.78, 5) is 26.8. The quantitative estimate of drug-likeness (QED) is 0.844. The maximum Gasteiger partial charge on any atom is 0.264 e. The SMILES string of the molecule is Cc1ccsc1C(=O)N1CCOC(c2ccnc(N3CCCC3)n2)C1. The Kier molecular flexibility index (Phi) is 4.67. The maximum absolute atomic E-state index is 12.8. The third-order valence-corrected chi connectivity index (χ3v) is 5.80. The minimum atomic E-state index is -0.192. The van der Waals surface area contributed by atoms with Crippen LogP contribution in [0.3, 0.4) is 0 Å². The Labute approximate surface area is 151 Å². The van der Waals surface area contributed by atoms with Gasteiger partial charge in [0.2, 0.25) is 5.95 Å². The van der Waals surface area contributed by atoms with Crippen LogP contribution in [-0.2, 0) is 4.74 Å². The first-order chi connectivity index (χ1) is 12.2. The van der Waals surface area contributed by atoms with E-state index < -0.39 is 0 Å². The highest BCUT2D eigenvalue weighted by Crippen LogP contribution is 2.26. The Bertz CT molecular complexity index is 757. The molecule has 1 atom stereocenters. The minimum absolute atomic E-state index is 0.0922. The Morgan fingerprint density at radius 2 is 2.12 bits per heavy atom. The van der Waals surface area contributed by atoms with E-state index in [1.165, 1.54) is 24.2 Å². The molecule has 0 saturated carbocycles. The second-order valence-corrected chi connectivity index (χ2v) is 7.44. The fourth-order valence-corrected chi connectivity index (χ4v) is 4.25. The highest BCUT2D eigenvalue weighted by Gasteiger charge is 2.29. The van der Waals surface area contributed by atoms with Gasteiger partial charge in [0.15, 0.2) is 0 Å². The number of carbonyl (C=O) groups excluding carboxylic acids is 1. The molecule has 2 aromatic rings. The van der Waals surface area contributed by atoms with Gasteiger partial charge in [0.1, 0.15) is 6.10 Å². The fourth-order valence-electron chi connectivity index (χ4n) is 3.36. The topological polar surface area (TPSA) is 58.6 Å². The van der Waals surface area contributed by atoms with Gasteiger partial charge in [-0.05, 0) is 42.8 Å². The molecular formula is C18H22N4O2S. The van der Waals surface area contributed by atoms with Gasteiger partial charge in [-0.1, -0.05) is 0 Å². The molecule has 2 aliphatic heterocycles. The molecule has 0 aliphatic carbocycles. The normalized spacial score (nSPS) is 20.9. The van der Waals surface area contributed by atoms with Crippen LogP contribution in [0.5, 0.6) is 0 Å². The van der Waals surface area contributed by atoms with Crippen molar-refractivity contribution in [3.8, 4) is 0 Å². The monoisotopic (exact) mass is 358 g/mol. The van der Waals surface area contributed by atoms with Crippen LogP contribution >= 0.6 is 11.3 Å². The number of nitrogens with zero attached hydrogens (tertiary/aromatic N) is 4. The lowest BCUT2D eigenvalue weighted by Gasteiger charge is -2.32. The fraction of sp³-hybridized carbons (Fsp3) is 0.500. The smallest absolute Gasteiger partial charge is 0.264 e. The van der Waals surface area contributed by atoms with Gasteiger partial charge in [-0.15, -0.1) is 11.3 Å². The number of morpholine rings is 1. The van der Waals surface area contributed by atoms with E-state index in [2.05, 4.69) is 9.88 Å². The molecule has 0 spiro atoms. The molecule has 1 unspecified atom stereocenters. The first-order valence-electron chi connectivity index (χ1n) is 8.75. The maximum atomic E-state index is 12.8. The molecule has 2 saturated heterocycles. The molecular weight excluding hydrogens is 336 g/mol. The van der Waals surface area contributed by atoms with E-state index in [1.54, 1.807) is 6.20 Å². The summed E-state index contributed by atoms with van der Waals surface area (Å²) in [6, 6.07) is 3.89. The van der Waals surface area contributed by atoms with Crippen LogP contribution in [0.1, 0.15) is 39.9 Å². The van der Waals surface area contributed by atoms with Crippen LogP contribution in [0, 0.1) is 6.92 Å². The lowest BCUT2D eigenvalue weighted by Crippen LogP contribution is -2.42. The third kappa shape index (κ3) is 3.39. The largest absolute Gasteiger partial charge is 0.368 e. The average molecular weight is 358 g/mol. The molecule has 0 N–H and O–H groups in total. The van der Waals surface area contributed by atoms with Crippen LogP contribution in [0.25, 0.3) is 0 Å². The zero-order chi connectivity index (χ0) is 17.2. The van der Waals surface area contributed by atoms with Gasteiger partial charge in [-0.2, -0.15) is 0 Å². The molecule has 6 nitrogen and oxygen atoms in total. The molecule has 132 valence electrons. The van der Waals surface area contributed by atoms with Gasteiger partial charge in [0.25, 0.3) is 5.91 Å². The van der Waals surface area contributed by atoms with Crippen molar-refractivity contribution in [3.05, 3.63) is 39.8 Å². The zero-order valence-corrected chi connectivity index (χ0v) is 15.2. The standard InChI is InChI=1S/C18H22N4O2S/c1-13-5-11-25-16(13)17(23)22-9-10-24-15(12-22)14-4-6-19-18(20-14)21-7-2-3-8-21/h4-6,11,15H,2-3,7-10,12H2,1H3. The summed E-state index contributed by atoms with van der Waals surface area (Å²) in [7, 11) is 0. The number of thiophene rings is 1. The lowest BCUT2D eigenvalue weighted by molar-refractivity contribution is -0.0246. The average Bonchev–Trinajstić information content (AvgIpc) is 3.33. The van der Waals surface area contributed by atoms with Crippen molar-refractivity contribution >= 4 is 23.2 Å². The summed E-state index contributed by atoms with van der Waals surface area (Å²) in [5.74, 6) is 0.866. The van der Waals surface area contributed by atoms with Gasteiger partial charge in [-0.25, -0.2) is 9.97 Å². The van der Waals surface area contributed by atoms with Gasteiger partial charge >= 0.3 is 0 Å². The van der Waals surface area contributed by atoms with Crippen LogP contribution in [-0.4, -0.2) is 53.6 Å². The number of anilines is 1. The lowest BCUT2D eigenvalue weighted by atomic mass is 10.2. The zero-order valence-electron chi connectivity index (χ0n) is 14.4. The van der Waals surface area contributed by atoms with Crippen LogP contribution in [0.4, 0.5) is 5.95 Å². The number of hydrogen-bond donors (Lipinski definition) is 0. The van der Waals surface area contributed by atoms with Gasteiger partial charge in [0.05, 0.1) is 23.7 Å². The molecule has 1 amide bonds. The van der Waals surface area contributed by atoms with Crippen molar-refractivity contribution in [2.24, 2.45) is 0 Å². The molecule has 0 aromatic carbocycles. The summed E-state index contributed by atoms with van der Waals surface area (Å²) in [6.07, 6.45) is 3.98. The van der Waals surface area contributed by atoms with E-state index in [0.717, 1.165) is 35.2 Å². The molecule has 7 heteroatoms. The number of aromatic nitrogens is 2. The predicted octanol–water partition coefficient (Wildman–Crippen LogP) is 2.66. The Balaban J connectivity index is 1.50. The van der Waals surface area contributed by atoms with E-state index in [-0.39, 0.29) is 12.0 Å². The van der Waals surface area contributed by atoms with Crippen molar-refractivity contribution in [2.45, 2.75) is 25.9 Å². The van der Waals surface area contributed by atoms with Crippen molar-refractivity contribution in [2.75, 3.05) is 37.7 Å². The second kappa shape index (κ2) is 7.09. The molecule has 25 heavy (non-hydrogen) atoms. The van der Waals surface area contributed by atoms with Gasteiger partial charge in [-0.3, -0.25) is 4.79 Å². The Morgan fingerprint density at radius 1 is 1.28 bits per heavy atom. The molecule has 2 fully saturated rings. The molecule has 4 rings (SSSR count). The minimum Gasteiger partial charge on any atom is -0.368 e. The van der Waals surface area contributed by atoms with E-state index >= 15 is 0 Å². The number of carbonyl (C=O) groups is 1. The number of hydrogen-bond acceptors (Lipinski definition) is 6. The van der Waals surface area contributed by atoms with Crippen molar-refractivity contribution < 1.29 is 9.53 Å². The first-order valence-corrected chi connectivity index (χ1v) is 9.63. The molecule has 4 heterocycles. The molecule has 0 bridgehead atoms. The van der Waals surface area contributed by atoms with Crippen molar-refractivity contribution in [3.63, 3.8) is 0 Å². The summed E-state index contributed by atoms with van der Waals surface area (Å²) in [6.45, 7) is 5.69. The van der Waals surface area contributed by atoms with Gasteiger partial charge in [0, 0.05) is 25.8 Å². The molecule has 2 aliphatic rings. The molecule has 0 radical (unpaired) electrons. The summed E-state index contributed by atoms with van der Waals surface area (Å²) in [5, 5.41) is 1.97. The highest BCUT2D eigenvalue weighted by atomic mass is 32.1. The second-order valence-electron chi connectivity index (χ2n) is 6.52. The predicted molar refractivity (Wildman–Crippen MR) is 97.1 cm³/mol. The van der Waals surface area contributed by atoms with E-state index in [0.29, 0.717) is 19.7 Å². The third-order valence-electron chi connectivity index (χ3n) is 4.79. The van der Waals surface area contributed by atoms with Crippen LogP contribution < -0.4 is 4.90 Å². The van der Waals surface area contributed by atoms with Crippen molar-refractivity contribution in [1.82, 2.24) is 14.9 Å². The number of aryl methyl sites for hydroxylation is 1. The Morgan fingerprint density at radius 3 is 2.88 bits per heavy atom. The van der Waals surface area contributed by atoms with E-state index in [4.69, 9.17) is 9.72 Å². The summed E-state index contributed by atoms with van der Waals surface area (Å²) >= 11 is 1.50. The summed E-state index contributed by atoms with van der Waals surface area (Å²) < 4.78 is 5.91. The van der Waals surface area contributed by atoms with Crippen molar-refractivity contribution in [1.29, 1.82) is 0 Å². The first kappa shape index (κ1) is 16.5. The number of rotatable bonds is 3. The van der Waals surface area contributed by atoms with Crippen LogP contribution in [0.2, 0.25) is 0 Å². The highest BCUT2D eigenvalue weighted by molar-refractivity contribution is 7.12. The number of amides is 1.